The second-order valence-electron chi connectivity index (χ2n) is 18.0. The SMILES string of the molecule is CCC(c1cccc(-c2nc(C(C)(C)C)sc2-c2ccnc(Nc3ccc(N4CCN(C(=O)C5CCC(Oc6ccc([C@@H]7CCC(=O)NC7=O)cn6)CC5)CC4)c(F)c3)n2)c1F)S(N)(=O)=O. The van der Waals surface area contributed by atoms with Crippen molar-refractivity contribution in [3.63, 3.8) is 0 Å². The number of sulfonamides is 1. The summed E-state index contributed by atoms with van der Waals surface area (Å²) in [5, 5.41) is 10.4. The molecule has 8 rings (SSSR count). The summed E-state index contributed by atoms with van der Waals surface area (Å²) < 4.78 is 63.0. The monoisotopic (exact) mass is 941 g/mol. The predicted molar refractivity (Wildman–Crippen MR) is 248 cm³/mol. The molecule has 2 aliphatic heterocycles. The number of thiazole rings is 1. The molecule has 0 radical (unpaired) electrons. The highest BCUT2D eigenvalue weighted by Crippen LogP contribution is 2.43. The number of imide groups is 1. The van der Waals surface area contributed by atoms with E-state index in [1.807, 2.05) is 36.6 Å². The second-order valence-corrected chi connectivity index (χ2v) is 20.8. The molecule has 15 nitrogen and oxygen atoms in total. The van der Waals surface area contributed by atoms with Crippen LogP contribution < -0.4 is 25.4 Å². The normalized spacial score (nSPS) is 19.9. The van der Waals surface area contributed by atoms with E-state index >= 15 is 8.78 Å². The molecule has 3 aromatic heterocycles. The lowest BCUT2D eigenvalue weighted by Gasteiger charge is -2.39. The Hall–Kier alpha value is -5.92. The fourth-order valence-corrected chi connectivity index (χ4v) is 10.9. The second kappa shape index (κ2) is 19.1. The summed E-state index contributed by atoms with van der Waals surface area (Å²) in [6, 6.07) is 14.6. The molecule has 2 atom stereocenters. The van der Waals surface area contributed by atoms with Gasteiger partial charge in [0.25, 0.3) is 0 Å². The van der Waals surface area contributed by atoms with Crippen LogP contribution in [-0.2, 0) is 29.8 Å². The van der Waals surface area contributed by atoms with Crippen molar-refractivity contribution in [2.24, 2.45) is 11.1 Å². The first-order valence-electron chi connectivity index (χ1n) is 22.2. The zero-order chi connectivity index (χ0) is 46.9. The van der Waals surface area contributed by atoms with Crippen LogP contribution in [0.25, 0.3) is 21.8 Å². The molecule has 1 saturated carbocycles. The Morgan fingerprint density at radius 2 is 1.74 bits per heavy atom. The lowest BCUT2D eigenvalue weighted by Crippen LogP contribution is -2.51. The fraction of sp³-hybridized carbons (Fsp3) is 0.426. The van der Waals surface area contributed by atoms with E-state index in [4.69, 9.17) is 19.8 Å². The largest absolute Gasteiger partial charge is 0.474 e. The summed E-state index contributed by atoms with van der Waals surface area (Å²) >= 11 is 1.35. The van der Waals surface area contributed by atoms with Gasteiger partial charge in [-0.25, -0.2) is 42.3 Å². The molecule has 3 aliphatic rings. The van der Waals surface area contributed by atoms with Crippen molar-refractivity contribution in [2.45, 2.75) is 95.3 Å². The number of carbonyl (C=O) groups is 3. The van der Waals surface area contributed by atoms with Crippen LogP contribution in [0.2, 0.25) is 0 Å². The number of hydrogen-bond acceptors (Lipinski definition) is 13. The molecular formula is C47H53F2N9O6S2. The minimum Gasteiger partial charge on any atom is -0.474 e. The number of nitrogens with two attached hydrogens (primary N) is 1. The summed E-state index contributed by atoms with van der Waals surface area (Å²) in [4.78, 5) is 60.0. The van der Waals surface area contributed by atoms with Gasteiger partial charge in [-0.3, -0.25) is 19.7 Å². The Labute approximate surface area is 386 Å². The predicted octanol–water partition coefficient (Wildman–Crippen LogP) is 7.53. The van der Waals surface area contributed by atoms with Crippen LogP contribution >= 0.6 is 11.3 Å². The third kappa shape index (κ3) is 10.2. The molecule has 2 aromatic carbocycles. The summed E-state index contributed by atoms with van der Waals surface area (Å²) in [5.41, 5.74) is 2.00. The van der Waals surface area contributed by atoms with Crippen molar-refractivity contribution in [3.05, 3.63) is 94.8 Å². The van der Waals surface area contributed by atoms with E-state index in [0.717, 1.165) is 5.56 Å². The van der Waals surface area contributed by atoms with E-state index in [2.05, 4.69) is 20.6 Å². The number of nitrogens with zero attached hydrogens (tertiary/aromatic N) is 6. The van der Waals surface area contributed by atoms with E-state index in [1.54, 1.807) is 55.7 Å². The molecule has 5 aromatic rings. The van der Waals surface area contributed by atoms with E-state index in [9.17, 15) is 22.8 Å². The Bertz CT molecular complexity index is 2730. The van der Waals surface area contributed by atoms with Crippen LogP contribution in [0.5, 0.6) is 5.88 Å². The van der Waals surface area contributed by atoms with E-state index in [-0.39, 0.29) is 53.2 Å². The van der Waals surface area contributed by atoms with Crippen LogP contribution in [0.1, 0.15) is 99.9 Å². The quantitative estimate of drug-likeness (QED) is 0.104. The number of hydrogen-bond donors (Lipinski definition) is 3. The average molecular weight is 942 g/mol. The molecule has 1 aliphatic carbocycles. The number of anilines is 3. The number of primary sulfonamides is 1. The van der Waals surface area contributed by atoms with Gasteiger partial charge in [0.2, 0.25) is 39.6 Å². The van der Waals surface area contributed by atoms with Crippen molar-refractivity contribution in [1.29, 1.82) is 0 Å². The smallest absolute Gasteiger partial charge is 0.234 e. The molecule has 0 bridgehead atoms. The van der Waals surface area contributed by atoms with Gasteiger partial charge in [0, 0.05) is 79.2 Å². The summed E-state index contributed by atoms with van der Waals surface area (Å²) in [6.07, 6.45) is 6.71. The molecule has 4 N–H and O–H groups in total. The lowest BCUT2D eigenvalue weighted by atomic mass is 9.86. The molecule has 3 fully saturated rings. The number of nitrogens with one attached hydrogen (secondary N) is 2. The van der Waals surface area contributed by atoms with E-state index < -0.39 is 38.2 Å². The zero-order valence-corrected chi connectivity index (χ0v) is 38.9. The molecular weight excluding hydrogens is 889 g/mol. The summed E-state index contributed by atoms with van der Waals surface area (Å²) in [5.74, 6) is -1.53. The van der Waals surface area contributed by atoms with Crippen molar-refractivity contribution in [2.75, 3.05) is 36.4 Å². The first-order valence-corrected chi connectivity index (χ1v) is 24.6. The van der Waals surface area contributed by atoms with Gasteiger partial charge >= 0.3 is 0 Å². The van der Waals surface area contributed by atoms with Crippen LogP contribution in [0, 0.1) is 17.6 Å². The Kier molecular flexibility index (Phi) is 13.5. The molecule has 2 saturated heterocycles. The first kappa shape index (κ1) is 46.6. The van der Waals surface area contributed by atoms with Crippen molar-refractivity contribution < 1.29 is 36.3 Å². The number of aromatic nitrogens is 4. The van der Waals surface area contributed by atoms with E-state index in [1.165, 1.54) is 23.5 Å². The maximum absolute atomic E-state index is 16.3. The lowest BCUT2D eigenvalue weighted by molar-refractivity contribution is -0.137. The minimum absolute atomic E-state index is 0.0328. The van der Waals surface area contributed by atoms with Gasteiger partial charge in [0.05, 0.1) is 32.9 Å². The fourth-order valence-electron chi connectivity index (χ4n) is 8.83. The van der Waals surface area contributed by atoms with Gasteiger partial charge in [-0.15, -0.1) is 11.3 Å². The third-order valence-electron chi connectivity index (χ3n) is 12.4. The van der Waals surface area contributed by atoms with Crippen molar-refractivity contribution in [3.8, 4) is 27.7 Å². The number of pyridine rings is 1. The zero-order valence-electron chi connectivity index (χ0n) is 37.2. The number of benzene rings is 2. The highest BCUT2D eigenvalue weighted by Gasteiger charge is 2.34. The maximum Gasteiger partial charge on any atom is 0.234 e. The number of amides is 3. The Morgan fingerprint density at radius 3 is 2.39 bits per heavy atom. The number of carbonyl (C=O) groups excluding carboxylic acids is 3. The van der Waals surface area contributed by atoms with Crippen LogP contribution in [0.3, 0.4) is 0 Å². The molecule has 3 amide bonds. The average Bonchev–Trinajstić information content (AvgIpc) is 3.74. The number of piperazine rings is 1. The summed E-state index contributed by atoms with van der Waals surface area (Å²) in [6.45, 7) is 9.48. The first-order chi connectivity index (χ1) is 31.5. The Balaban J connectivity index is 0.872. The van der Waals surface area contributed by atoms with Crippen LogP contribution in [0.4, 0.5) is 26.1 Å². The van der Waals surface area contributed by atoms with Gasteiger partial charge in [0.15, 0.2) is 0 Å². The molecule has 5 heterocycles. The van der Waals surface area contributed by atoms with Gasteiger partial charge < -0.3 is 19.9 Å². The van der Waals surface area contributed by atoms with Gasteiger partial charge in [-0.2, -0.15) is 0 Å². The van der Waals surface area contributed by atoms with Crippen molar-refractivity contribution >= 4 is 56.4 Å². The number of piperidine rings is 1. The standard InChI is InChI=1S/C47H53F2N9O6S2/c1-5-37(66(50,62)63)32-7-6-8-33(40(32)49)41-42(65-45(56-41)47(2,3)4)35-19-20-51-46(54-35)53-29-12-16-36(34(48)25-29)57-21-23-58(24-22-57)44(61)27-9-13-30(14-10-27)64-39-18-11-28(26-52-39)31-15-17-38(59)55-43(31)60/h6-8,11-12,16,18-20,25-27,30-31,37H,5,9-10,13-15,17,21-24H2,1-4H3,(H2,50,62,63)(H,51,53,54)(H,55,59,60)/t27?,30?,31-,37?/m0/s1. The molecule has 66 heavy (non-hydrogen) atoms. The number of halogens is 2. The Morgan fingerprint density at radius 1 is 0.985 bits per heavy atom. The maximum atomic E-state index is 16.3. The van der Waals surface area contributed by atoms with Crippen LogP contribution in [-0.4, -0.2) is 83.3 Å². The van der Waals surface area contributed by atoms with E-state index in [0.29, 0.717) is 103 Å². The molecule has 1 unspecified atom stereocenters. The van der Waals surface area contributed by atoms with Gasteiger partial charge in [0.1, 0.15) is 23.0 Å². The number of rotatable bonds is 12. The highest BCUT2D eigenvalue weighted by atomic mass is 32.2. The van der Waals surface area contributed by atoms with Gasteiger partial charge in [-0.05, 0) is 74.4 Å². The van der Waals surface area contributed by atoms with Crippen molar-refractivity contribution in [1.82, 2.24) is 30.2 Å². The molecule has 348 valence electrons. The summed E-state index contributed by atoms with van der Waals surface area (Å²) in [7, 11) is -4.09. The topological polar surface area (TPSA) is 203 Å². The third-order valence-corrected chi connectivity index (χ3v) is 15.3. The molecule has 0 spiro atoms. The number of ether oxygens (including phenoxy) is 1. The highest BCUT2D eigenvalue weighted by molar-refractivity contribution is 7.89. The molecule has 19 heteroatoms. The van der Waals surface area contributed by atoms with Crippen LogP contribution in [0.15, 0.2) is 67.0 Å². The van der Waals surface area contributed by atoms with Gasteiger partial charge in [-0.1, -0.05) is 45.9 Å². The minimum atomic E-state index is -4.09.